The van der Waals surface area contributed by atoms with Gasteiger partial charge in [-0.15, -0.1) is 0 Å². The predicted molar refractivity (Wildman–Crippen MR) is 63.2 cm³/mol. The summed E-state index contributed by atoms with van der Waals surface area (Å²) < 4.78 is 31.2. The molecule has 102 valence electrons. The van der Waals surface area contributed by atoms with Gasteiger partial charge in [-0.3, -0.25) is 9.59 Å². The van der Waals surface area contributed by atoms with E-state index in [0.29, 0.717) is 6.07 Å². The molecule has 1 atom stereocenters. The molecule has 1 aromatic rings. The van der Waals surface area contributed by atoms with Crippen LogP contribution in [0.4, 0.5) is 20.2 Å². The first kappa shape index (κ1) is 13.3. The van der Waals surface area contributed by atoms with Gasteiger partial charge in [0.2, 0.25) is 5.91 Å². The highest BCUT2D eigenvalue weighted by Crippen LogP contribution is 2.33. The molecule has 1 heterocycles. The molecule has 5 nitrogen and oxygen atoms in total. The second-order valence-electron chi connectivity index (χ2n) is 4.25. The summed E-state index contributed by atoms with van der Waals surface area (Å²) in [6, 6.07) is 1.57. The van der Waals surface area contributed by atoms with Gasteiger partial charge in [-0.2, -0.15) is 0 Å². The Bertz CT molecular complexity index is 525. The van der Waals surface area contributed by atoms with Crippen LogP contribution >= 0.6 is 0 Å². The van der Waals surface area contributed by atoms with Crippen LogP contribution in [0.2, 0.25) is 0 Å². The summed E-state index contributed by atoms with van der Waals surface area (Å²) in [5, 5.41) is 0. The minimum absolute atomic E-state index is 0.0295. The van der Waals surface area contributed by atoms with E-state index in [2.05, 4.69) is 4.74 Å². The Morgan fingerprint density at radius 3 is 2.74 bits per heavy atom. The number of hydrogen-bond acceptors (Lipinski definition) is 4. The third-order valence-electron chi connectivity index (χ3n) is 2.99. The molecule has 0 saturated carbocycles. The Labute approximate surface area is 107 Å². The number of esters is 1. The maximum Gasteiger partial charge on any atom is 0.311 e. The van der Waals surface area contributed by atoms with Crippen LogP contribution in [0.15, 0.2) is 12.1 Å². The summed E-state index contributed by atoms with van der Waals surface area (Å²) in [7, 11) is 1.21. The van der Waals surface area contributed by atoms with Crippen LogP contribution < -0.4 is 10.6 Å². The number of nitrogen functional groups attached to an aromatic ring is 1. The molecule has 19 heavy (non-hydrogen) atoms. The number of ether oxygens (including phenoxy) is 1. The van der Waals surface area contributed by atoms with Crippen molar-refractivity contribution in [1.82, 2.24) is 0 Å². The average molecular weight is 270 g/mol. The van der Waals surface area contributed by atoms with E-state index in [4.69, 9.17) is 5.73 Å². The van der Waals surface area contributed by atoms with Crippen molar-refractivity contribution in [2.75, 3.05) is 24.3 Å². The Morgan fingerprint density at radius 2 is 2.16 bits per heavy atom. The Morgan fingerprint density at radius 1 is 1.47 bits per heavy atom. The number of carbonyl (C=O) groups excluding carboxylic acids is 2. The number of nitrogens with two attached hydrogens (primary N) is 1. The molecule has 2 rings (SSSR count). The van der Waals surface area contributed by atoms with Gasteiger partial charge in [0.05, 0.1) is 18.7 Å². The van der Waals surface area contributed by atoms with E-state index >= 15 is 0 Å². The van der Waals surface area contributed by atoms with E-state index in [1.54, 1.807) is 0 Å². The molecule has 1 unspecified atom stereocenters. The summed E-state index contributed by atoms with van der Waals surface area (Å²) in [6.45, 7) is -0.0295. The van der Waals surface area contributed by atoms with Crippen molar-refractivity contribution in [2.24, 2.45) is 5.92 Å². The highest BCUT2D eigenvalue weighted by molar-refractivity contribution is 6.01. The van der Waals surface area contributed by atoms with Gasteiger partial charge in [0.25, 0.3) is 0 Å². The molecule has 2 N–H and O–H groups in total. The summed E-state index contributed by atoms with van der Waals surface area (Å²) >= 11 is 0. The number of nitrogens with zero attached hydrogens (tertiary/aromatic N) is 1. The van der Waals surface area contributed by atoms with Crippen LogP contribution in [-0.4, -0.2) is 25.5 Å². The minimum Gasteiger partial charge on any atom is -0.469 e. The first-order chi connectivity index (χ1) is 8.93. The lowest BCUT2D eigenvalue weighted by Crippen LogP contribution is -2.28. The van der Waals surface area contributed by atoms with E-state index in [-0.39, 0.29) is 24.3 Å². The molecular formula is C12H12F2N2O3. The third kappa shape index (κ3) is 2.35. The van der Waals surface area contributed by atoms with Crippen LogP contribution in [0.5, 0.6) is 0 Å². The minimum atomic E-state index is -0.934. The van der Waals surface area contributed by atoms with E-state index in [9.17, 15) is 18.4 Å². The normalized spacial score (nSPS) is 18.8. The zero-order chi connectivity index (χ0) is 14.2. The molecule has 0 radical (unpaired) electrons. The Kier molecular flexibility index (Phi) is 3.37. The summed E-state index contributed by atoms with van der Waals surface area (Å²) in [4.78, 5) is 24.2. The predicted octanol–water partition coefficient (Wildman–Crippen LogP) is 1.07. The number of rotatable bonds is 2. The first-order valence-electron chi connectivity index (χ1n) is 5.56. The standard InChI is InChI=1S/C12H12F2N2O3/c1-19-12(18)6-2-10(17)16(5-6)11-8(14)3-7(13)4-9(11)15/h3-4,6H,2,5,15H2,1H3. The van der Waals surface area contributed by atoms with Crippen LogP contribution in [0, 0.1) is 17.6 Å². The SMILES string of the molecule is COC(=O)C1CC(=O)N(c2c(N)cc(F)cc2F)C1. The van der Waals surface area contributed by atoms with Crippen molar-refractivity contribution in [3.8, 4) is 0 Å². The maximum absolute atomic E-state index is 13.7. The van der Waals surface area contributed by atoms with Crippen LogP contribution in [-0.2, 0) is 14.3 Å². The van der Waals surface area contributed by atoms with Gasteiger partial charge >= 0.3 is 5.97 Å². The van der Waals surface area contributed by atoms with Gasteiger partial charge in [0, 0.05) is 19.0 Å². The molecule has 0 aliphatic carbocycles. The monoisotopic (exact) mass is 270 g/mol. The number of amides is 1. The van der Waals surface area contributed by atoms with Crippen LogP contribution in [0.1, 0.15) is 6.42 Å². The molecular weight excluding hydrogens is 258 g/mol. The molecule has 1 saturated heterocycles. The fourth-order valence-electron chi connectivity index (χ4n) is 2.12. The lowest BCUT2D eigenvalue weighted by atomic mass is 10.1. The molecule has 0 bridgehead atoms. The largest absolute Gasteiger partial charge is 0.469 e. The third-order valence-corrected chi connectivity index (χ3v) is 2.99. The van der Waals surface area contributed by atoms with Crippen molar-refractivity contribution in [1.29, 1.82) is 0 Å². The van der Waals surface area contributed by atoms with Crippen molar-refractivity contribution in [3.05, 3.63) is 23.8 Å². The van der Waals surface area contributed by atoms with E-state index < -0.39 is 29.4 Å². The Balaban J connectivity index is 2.33. The highest BCUT2D eigenvalue weighted by Gasteiger charge is 2.37. The second-order valence-corrected chi connectivity index (χ2v) is 4.25. The van der Waals surface area contributed by atoms with Crippen molar-refractivity contribution in [2.45, 2.75) is 6.42 Å². The fourth-order valence-corrected chi connectivity index (χ4v) is 2.12. The number of hydrogen-bond donors (Lipinski definition) is 1. The van der Waals surface area contributed by atoms with Gasteiger partial charge < -0.3 is 15.4 Å². The van der Waals surface area contributed by atoms with Crippen LogP contribution in [0.3, 0.4) is 0 Å². The topological polar surface area (TPSA) is 72.6 Å². The smallest absolute Gasteiger partial charge is 0.311 e. The van der Waals surface area contributed by atoms with Crippen molar-refractivity contribution in [3.63, 3.8) is 0 Å². The highest BCUT2D eigenvalue weighted by atomic mass is 19.1. The van der Waals surface area contributed by atoms with Gasteiger partial charge in [0.1, 0.15) is 11.5 Å². The summed E-state index contributed by atoms with van der Waals surface area (Å²) in [6.07, 6.45) is -0.0804. The van der Waals surface area contributed by atoms with Gasteiger partial charge in [-0.25, -0.2) is 8.78 Å². The number of methoxy groups -OCH3 is 1. The van der Waals surface area contributed by atoms with E-state index in [0.717, 1.165) is 11.0 Å². The second kappa shape index (κ2) is 4.83. The molecule has 0 spiro atoms. The molecule has 0 aromatic heterocycles. The van der Waals surface area contributed by atoms with E-state index in [1.807, 2.05) is 0 Å². The quantitative estimate of drug-likeness (QED) is 0.644. The molecule has 1 fully saturated rings. The van der Waals surface area contributed by atoms with Gasteiger partial charge in [0.15, 0.2) is 5.82 Å². The van der Waals surface area contributed by atoms with Crippen molar-refractivity contribution >= 4 is 23.3 Å². The zero-order valence-electron chi connectivity index (χ0n) is 10.2. The maximum atomic E-state index is 13.7. The average Bonchev–Trinajstić information content (AvgIpc) is 2.69. The number of benzene rings is 1. The summed E-state index contributed by atoms with van der Waals surface area (Å²) in [5.41, 5.74) is 5.15. The fraction of sp³-hybridized carbons (Fsp3) is 0.333. The zero-order valence-corrected chi connectivity index (χ0v) is 10.2. The first-order valence-corrected chi connectivity index (χ1v) is 5.56. The molecule has 1 aromatic carbocycles. The molecule has 7 heteroatoms. The number of carbonyl (C=O) groups is 2. The number of anilines is 2. The summed E-state index contributed by atoms with van der Waals surface area (Å²) in [5.74, 6) is -3.42. The van der Waals surface area contributed by atoms with Gasteiger partial charge in [-0.05, 0) is 6.07 Å². The van der Waals surface area contributed by atoms with Gasteiger partial charge in [-0.1, -0.05) is 0 Å². The number of halogens is 2. The lowest BCUT2D eigenvalue weighted by molar-refractivity contribution is -0.145. The molecule has 1 amide bonds. The Hall–Kier alpha value is -2.18. The molecule has 1 aliphatic heterocycles. The van der Waals surface area contributed by atoms with E-state index in [1.165, 1.54) is 7.11 Å². The molecule has 1 aliphatic rings. The van der Waals surface area contributed by atoms with Crippen LogP contribution in [0.25, 0.3) is 0 Å². The van der Waals surface area contributed by atoms with Crippen molar-refractivity contribution < 1.29 is 23.1 Å². The lowest BCUT2D eigenvalue weighted by Gasteiger charge is -2.19.